The molecule has 4 aromatic carbocycles. The van der Waals surface area contributed by atoms with Crippen LogP contribution in [0, 0.1) is 0 Å². The van der Waals surface area contributed by atoms with Crippen molar-refractivity contribution in [1.82, 2.24) is 4.90 Å². The van der Waals surface area contributed by atoms with Gasteiger partial charge in [0.05, 0.1) is 28.6 Å². The van der Waals surface area contributed by atoms with Crippen LogP contribution in [0.25, 0.3) is 22.3 Å². The smallest absolute Gasteiger partial charge is 0.296 e. The number of rotatable bonds is 0. The van der Waals surface area contributed by atoms with Crippen LogP contribution in [0.2, 0.25) is 0 Å². The molecule has 0 fully saturated rings. The van der Waals surface area contributed by atoms with E-state index in [1.807, 2.05) is 6.34 Å². The Kier molecular flexibility index (Phi) is 3.31. The summed E-state index contributed by atoms with van der Waals surface area (Å²) in [6.45, 7) is 0. The third-order valence-electron chi connectivity index (χ3n) is 9.04. The second-order valence-electron chi connectivity index (χ2n) is 10.8. The molecule has 6 heterocycles. The zero-order valence-electron chi connectivity index (χ0n) is 21.1. The molecule has 0 aliphatic carbocycles. The number of hydrogen-bond acceptors (Lipinski definition) is 5. The van der Waals surface area contributed by atoms with Crippen LogP contribution in [-0.2, 0) is 5.54 Å². The molecule has 5 aromatic rings. The summed E-state index contributed by atoms with van der Waals surface area (Å²) in [5.74, 6) is 2.94. The normalized spacial score (nSPS) is 21.3. The maximum Gasteiger partial charge on any atom is 0.296 e. The summed E-state index contributed by atoms with van der Waals surface area (Å²) in [6.07, 6.45) is 4.13. The molecule has 0 amide bonds. The third-order valence-corrected chi connectivity index (χ3v) is 9.04. The molecular weight excluding hydrogens is 482 g/mol. The summed E-state index contributed by atoms with van der Waals surface area (Å²) in [7, 11) is 2.13. The minimum Gasteiger partial charge on any atom is -0.456 e. The highest BCUT2D eigenvalue weighted by molar-refractivity contribution is 6.02. The molecule has 0 radical (unpaired) electrons. The lowest BCUT2D eigenvalue weighted by molar-refractivity contribution is -0.737. The molecule has 0 saturated carbocycles. The summed E-state index contributed by atoms with van der Waals surface area (Å²) in [5, 5.41) is 7.07. The van der Waals surface area contributed by atoms with Gasteiger partial charge >= 0.3 is 0 Å². The van der Waals surface area contributed by atoms with Gasteiger partial charge in [-0.25, -0.2) is 9.58 Å². The fraction of sp³-hybridized carbons (Fsp3) is 0.0909. The molecule has 6 nitrogen and oxygen atoms in total. The molecule has 2 unspecified atom stereocenters. The van der Waals surface area contributed by atoms with E-state index in [0.717, 1.165) is 34.4 Å². The standard InChI is InChI=1S/C33H22N5O/c1-35-19-34-38-26-15-7-17-28-30(26)33(32(35)38)29-25(14-6-16-27(29)39-28)37-24-13-5-4-11-22(24)20-9-2-3-10-21(20)23-12-8-18-36(33)31(23)37/h2-19,32H,1H3/q+1. The van der Waals surface area contributed by atoms with Crippen LogP contribution in [-0.4, -0.2) is 24.5 Å². The second-order valence-corrected chi connectivity index (χ2v) is 10.8. The average Bonchev–Trinajstić information content (AvgIpc) is 3.47. The van der Waals surface area contributed by atoms with Crippen LogP contribution < -0.4 is 19.2 Å². The molecule has 1 spiro atoms. The van der Waals surface area contributed by atoms with Gasteiger partial charge in [-0.3, -0.25) is 0 Å². The predicted octanol–water partition coefficient (Wildman–Crippen LogP) is 6.34. The highest BCUT2D eigenvalue weighted by Gasteiger charge is 2.69. The van der Waals surface area contributed by atoms with E-state index in [4.69, 9.17) is 9.84 Å². The number of hydrogen-bond donors (Lipinski definition) is 0. The lowest BCUT2D eigenvalue weighted by Crippen LogP contribution is -2.70. The van der Waals surface area contributed by atoms with Crippen molar-refractivity contribution >= 4 is 29.2 Å². The Bertz CT molecular complexity index is 1960. The van der Waals surface area contributed by atoms with Crippen LogP contribution in [0.4, 0.5) is 22.9 Å². The van der Waals surface area contributed by atoms with Gasteiger partial charge in [0.15, 0.2) is 6.17 Å². The number of benzene rings is 4. The second kappa shape index (κ2) is 6.48. The number of anilines is 4. The highest BCUT2D eigenvalue weighted by atomic mass is 16.5. The number of para-hydroxylation sites is 1. The fourth-order valence-electron chi connectivity index (χ4n) is 7.75. The maximum atomic E-state index is 6.71. The van der Waals surface area contributed by atoms with Gasteiger partial charge in [0, 0.05) is 12.6 Å². The number of pyridine rings is 1. The maximum absolute atomic E-state index is 6.71. The molecule has 5 aliphatic rings. The van der Waals surface area contributed by atoms with Gasteiger partial charge in [-0.2, -0.15) is 10.0 Å². The molecule has 1 aromatic heterocycles. The summed E-state index contributed by atoms with van der Waals surface area (Å²) < 4.78 is 9.22. The van der Waals surface area contributed by atoms with Crippen molar-refractivity contribution in [3.63, 3.8) is 0 Å². The van der Waals surface area contributed by atoms with Gasteiger partial charge in [-0.1, -0.05) is 54.6 Å². The van der Waals surface area contributed by atoms with Gasteiger partial charge in [0.2, 0.25) is 5.54 Å². The molecule has 2 atom stereocenters. The minimum absolute atomic E-state index is 0.0789. The van der Waals surface area contributed by atoms with Crippen LogP contribution in [0.3, 0.4) is 0 Å². The van der Waals surface area contributed by atoms with Crippen LogP contribution in [0.15, 0.2) is 108 Å². The minimum atomic E-state index is -0.572. The lowest BCUT2D eigenvalue weighted by atomic mass is 9.76. The number of fused-ring (bicyclic) bond motifs is 8. The number of hydrazone groups is 1. The van der Waals surface area contributed by atoms with Gasteiger partial charge in [0.25, 0.3) is 5.82 Å². The highest BCUT2D eigenvalue weighted by Crippen LogP contribution is 2.64. The molecule has 0 bridgehead atoms. The zero-order chi connectivity index (χ0) is 25.5. The van der Waals surface area contributed by atoms with Gasteiger partial charge in [-0.15, -0.1) is 0 Å². The quantitative estimate of drug-likeness (QED) is 0.226. The van der Waals surface area contributed by atoms with Crippen molar-refractivity contribution in [2.45, 2.75) is 11.7 Å². The lowest BCUT2D eigenvalue weighted by Gasteiger charge is -2.45. The summed E-state index contributed by atoms with van der Waals surface area (Å²) >= 11 is 0. The van der Waals surface area contributed by atoms with Gasteiger partial charge in [0.1, 0.15) is 29.2 Å². The number of likely N-dealkylation sites (N-methyl/N-ethyl adjacent to an activating group) is 1. The average molecular weight is 505 g/mol. The predicted molar refractivity (Wildman–Crippen MR) is 151 cm³/mol. The van der Waals surface area contributed by atoms with Crippen LogP contribution in [0.1, 0.15) is 11.1 Å². The van der Waals surface area contributed by atoms with Crippen molar-refractivity contribution in [3.05, 3.63) is 114 Å². The number of ether oxygens (including phenoxy) is 1. The molecule has 6 heteroatoms. The Morgan fingerprint density at radius 1 is 0.692 bits per heavy atom. The van der Waals surface area contributed by atoms with E-state index in [2.05, 4.69) is 130 Å². The zero-order valence-corrected chi connectivity index (χ0v) is 21.1. The van der Waals surface area contributed by atoms with E-state index in [9.17, 15) is 0 Å². The molecule has 184 valence electrons. The first kappa shape index (κ1) is 19.9. The monoisotopic (exact) mass is 504 g/mol. The largest absolute Gasteiger partial charge is 0.456 e. The van der Waals surface area contributed by atoms with E-state index >= 15 is 0 Å². The van der Waals surface area contributed by atoms with Crippen molar-refractivity contribution < 1.29 is 9.30 Å². The Morgan fingerprint density at radius 3 is 2.15 bits per heavy atom. The van der Waals surface area contributed by atoms with E-state index in [-0.39, 0.29) is 6.17 Å². The van der Waals surface area contributed by atoms with Crippen molar-refractivity contribution in [1.29, 1.82) is 0 Å². The van der Waals surface area contributed by atoms with Crippen LogP contribution >= 0.6 is 0 Å². The SMILES string of the molecule is CN1C=NN2c3cccc4c3C3(c5c(cccc5N5c6ccccc6-c6ccccc6-c6ccc[n+]3c65)O4)C12. The van der Waals surface area contributed by atoms with Crippen molar-refractivity contribution in [2.75, 3.05) is 17.0 Å². The fourth-order valence-corrected chi connectivity index (χ4v) is 7.75. The number of aromatic nitrogens is 1. The molecule has 10 rings (SSSR count). The Morgan fingerprint density at radius 2 is 1.33 bits per heavy atom. The molecular formula is C33H22N5O+. The van der Waals surface area contributed by atoms with E-state index in [1.165, 1.54) is 33.4 Å². The Labute approximate surface area is 225 Å². The third kappa shape index (κ3) is 2.05. The topological polar surface area (TPSA) is 35.2 Å². The van der Waals surface area contributed by atoms with E-state index in [1.54, 1.807) is 0 Å². The van der Waals surface area contributed by atoms with Crippen molar-refractivity contribution in [2.24, 2.45) is 5.10 Å². The van der Waals surface area contributed by atoms with E-state index < -0.39 is 5.54 Å². The van der Waals surface area contributed by atoms with Gasteiger partial charge in [-0.05, 0) is 53.6 Å². The Hall–Kier alpha value is -5.10. The number of nitrogens with zero attached hydrogens (tertiary/aromatic N) is 5. The van der Waals surface area contributed by atoms with Crippen molar-refractivity contribution in [3.8, 4) is 33.8 Å². The molecule has 39 heavy (non-hydrogen) atoms. The molecule has 5 aliphatic heterocycles. The van der Waals surface area contributed by atoms with Crippen LogP contribution in [0.5, 0.6) is 11.5 Å². The summed E-state index contributed by atoms with van der Waals surface area (Å²) in [4.78, 5) is 4.69. The summed E-state index contributed by atoms with van der Waals surface area (Å²) in [5.41, 5.74) is 10.1. The van der Waals surface area contributed by atoms with Gasteiger partial charge < -0.3 is 9.64 Å². The first-order valence-electron chi connectivity index (χ1n) is 13.3. The Balaban J connectivity index is 1.45. The molecule has 0 saturated heterocycles. The first-order chi connectivity index (χ1) is 19.3. The first-order valence-corrected chi connectivity index (χ1v) is 13.3. The molecule has 0 N–H and O–H groups in total. The summed E-state index contributed by atoms with van der Waals surface area (Å²) in [6, 6.07) is 34.8. The van der Waals surface area contributed by atoms with E-state index in [0.29, 0.717) is 0 Å².